The van der Waals surface area contributed by atoms with Gasteiger partial charge in [0, 0.05) is 31.7 Å². The summed E-state index contributed by atoms with van der Waals surface area (Å²) < 4.78 is 34.2. The molecule has 3 N–H and O–H groups in total. The van der Waals surface area contributed by atoms with Gasteiger partial charge in [-0.1, -0.05) is 19.9 Å². The molecule has 0 aliphatic carbocycles. The molecule has 2 atom stereocenters. The number of aliphatic hydroxyl groups excluding tert-OH is 1. The highest BCUT2D eigenvalue weighted by atomic mass is 16.6. The molecule has 0 aromatic heterocycles. The molecule has 0 saturated carbocycles. The third kappa shape index (κ3) is 7.58. The summed E-state index contributed by atoms with van der Waals surface area (Å²) in [6.45, 7) is 6.82. The van der Waals surface area contributed by atoms with Crippen LogP contribution in [-0.2, 0) is 0 Å². The van der Waals surface area contributed by atoms with Crippen LogP contribution in [0.1, 0.15) is 13.8 Å². The summed E-state index contributed by atoms with van der Waals surface area (Å²) in [6, 6.07) is 11.2. The van der Waals surface area contributed by atoms with Gasteiger partial charge in [-0.15, -0.1) is 0 Å². The minimum absolute atomic E-state index is 0.149. The zero-order valence-electron chi connectivity index (χ0n) is 20.3. The Hall–Kier alpha value is -2.88. The van der Waals surface area contributed by atoms with Crippen LogP contribution in [0.4, 0.5) is 0 Å². The first-order chi connectivity index (χ1) is 16.5. The van der Waals surface area contributed by atoms with Gasteiger partial charge in [0.2, 0.25) is 5.75 Å². The van der Waals surface area contributed by atoms with Crippen LogP contribution >= 0.6 is 0 Å². The van der Waals surface area contributed by atoms with Crippen molar-refractivity contribution in [1.82, 2.24) is 10.6 Å². The molecule has 3 rings (SSSR count). The average molecular weight is 477 g/mol. The second-order valence-corrected chi connectivity index (χ2v) is 8.23. The van der Waals surface area contributed by atoms with Crippen molar-refractivity contribution in [3.63, 3.8) is 0 Å². The van der Waals surface area contributed by atoms with Crippen LogP contribution in [0.2, 0.25) is 0 Å². The van der Waals surface area contributed by atoms with E-state index < -0.39 is 6.10 Å². The first-order valence-corrected chi connectivity index (χ1v) is 11.5. The number of benzene rings is 2. The molecule has 2 aromatic carbocycles. The Kier molecular flexibility index (Phi) is 9.93. The second-order valence-electron chi connectivity index (χ2n) is 8.23. The van der Waals surface area contributed by atoms with Gasteiger partial charge in [0.15, 0.2) is 23.0 Å². The third-order valence-electron chi connectivity index (χ3n) is 5.12. The number of ether oxygens (including phenoxy) is 6. The van der Waals surface area contributed by atoms with Crippen molar-refractivity contribution < 1.29 is 33.5 Å². The lowest BCUT2D eigenvalue weighted by Gasteiger charge is -2.27. The topological polar surface area (TPSA) is 99.7 Å². The molecule has 0 unspecified atom stereocenters. The normalized spacial score (nSPS) is 15.6. The summed E-state index contributed by atoms with van der Waals surface area (Å²) in [5, 5.41) is 16.5. The van der Waals surface area contributed by atoms with Gasteiger partial charge in [-0.25, -0.2) is 0 Å². The maximum atomic E-state index is 10.0. The quantitative estimate of drug-likeness (QED) is 0.355. The van der Waals surface area contributed by atoms with Gasteiger partial charge in [0.1, 0.15) is 37.8 Å². The highest BCUT2D eigenvalue weighted by Crippen LogP contribution is 2.37. The molecular formula is C25H36N2O7. The Balaban J connectivity index is 1.42. The number of aliphatic hydroxyl groups is 1. The lowest BCUT2D eigenvalue weighted by Crippen LogP contribution is -2.39. The molecule has 0 radical (unpaired) electrons. The summed E-state index contributed by atoms with van der Waals surface area (Å²) in [5.74, 6) is 3.76. The molecule has 0 amide bonds. The Bertz CT molecular complexity index is 871. The zero-order valence-corrected chi connectivity index (χ0v) is 20.3. The van der Waals surface area contributed by atoms with E-state index in [-0.39, 0.29) is 12.7 Å². The number of hydrogen-bond donors (Lipinski definition) is 3. The van der Waals surface area contributed by atoms with Gasteiger partial charge in [0.25, 0.3) is 0 Å². The summed E-state index contributed by atoms with van der Waals surface area (Å²) in [4.78, 5) is 0. The number of fused-ring (bicyclic) bond motifs is 1. The second kappa shape index (κ2) is 13.1. The Morgan fingerprint density at radius 1 is 1.06 bits per heavy atom. The summed E-state index contributed by atoms with van der Waals surface area (Å²) in [6.07, 6.45) is -0.741. The molecule has 0 spiro atoms. The van der Waals surface area contributed by atoms with E-state index in [0.717, 1.165) is 0 Å². The number of nitrogens with one attached hydrogen (secondary N) is 2. The molecule has 0 fully saturated rings. The molecule has 1 heterocycles. The molecule has 0 saturated heterocycles. The smallest absolute Gasteiger partial charge is 0.203 e. The van der Waals surface area contributed by atoms with Crippen LogP contribution in [0, 0.1) is 0 Å². The van der Waals surface area contributed by atoms with Crippen molar-refractivity contribution in [2.24, 2.45) is 0 Å². The van der Waals surface area contributed by atoms with E-state index in [4.69, 9.17) is 28.4 Å². The van der Waals surface area contributed by atoms with E-state index in [9.17, 15) is 5.11 Å². The molecular weight excluding hydrogens is 440 g/mol. The van der Waals surface area contributed by atoms with Gasteiger partial charge in [-0.05, 0) is 24.3 Å². The van der Waals surface area contributed by atoms with E-state index in [2.05, 4.69) is 10.6 Å². The number of para-hydroxylation sites is 1. The fraction of sp³-hybridized carbons (Fsp3) is 0.520. The molecule has 9 nitrogen and oxygen atoms in total. The first-order valence-electron chi connectivity index (χ1n) is 11.5. The Labute approximate surface area is 201 Å². The Morgan fingerprint density at radius 2 is 1.82 bits per heavy atom. The van der Waals surface area contributed by atoms with E-state index in [1.807, 2.05) is 44.2 Å². The number of rotatable bonds is 14. The van der Waals surface area contributed by atoms with Crippen molar-refractivity contribution >= 4 is 0 Å². The molecule has 1 aliphatic rings. The SMILES string of the molecule is COc1cccc(OC)c1OCCNC[C@@H]1COc2ccc(OC[C@H](O)CNC(C)C)cc2O1. The number of methoxy groups -OCH3 is 2. The van der Waals surface area contributed by atoms with Crippen LogP contribution in [0.15, 0.2) is 36.4 Å². The summed E-state index contributed by atoms with van der Waals surface area (Å²) >= 11 is 0. The van der Waals surface area contributed by atoms with Gasteiger partial charge in [0.05, 0.1) is 14.2 Å². The maximum Gasteiger partial charge on any atom is 0.203 e. The standard InChI is InChI=1S/C25H36N2O7/c1-17(2)27-13-18(28)15-32-19-8-9-21-24(12-19)34-20(16-33-21)14-26-10-11-31-25-22(29-3)6-5-7-23(25)30-4/h5-9,12,17-18,20,26-28H,10-11,13-16H2,1-4H3/t18-,20-/m1/s1. The predicted octanol–water partition coefficient (Wildman–Crippen LogP) is 2.25. The molecule has 34 heavy (non-hydrogen) atoms. The van der Waals surface area contributed by atoms with Gasteiger partial charge >= 0.3 is 0 Å². The van der Waals surface area contributed by atoms with E-state index in [0.29, 0.717) is 73.4 Å². The molecule has 1 aliphatic heterocycles. The van der Waals surface area contributed by atoms with Crippen LogP contribution in [-0.4, -0.2) is 77.0 Å². The van der Waals surface area contributed by atoms with Crippen LogP contribution in [0.3, 0.4) is 0 Å². The zero-order chi connectivity index (χ0) is 24.3. The fourth-order valence-electron chi connectivity index (χ4n) is 3.36. The van der Waals surface area contributed by atoms with Crippen molar-refractivity contribution in [3.8, 4) is 34.5 Å². The van der Waals surface area contributed by atoms with Gasteiger partial charge < -0.3 is 44.2 Å². The molecule has 9 heteroatoms. The average Bonchev–Trinajstić information content (AvgIpc) is 2.85. The van der Waals surface area contributed by atoms with E-state index >= 15 is 0 Å². The van der Waals surface area contributed by atoms with Crippen LogP contribution in [0.5, 0.6) is 34.5 Å². The monoisotopic (exact) mass is 476 g/mol. The molecule has 2 aromatic rings. The number of hydrogen-bond acceptors (Lipinski definition) is 9. The van der Waals surface area contributed by atoms with Crippen molar-refractivity contribution in [1.29, 1.82) is 0 Å². The van der Waals surface area contributed by atoms with Gasteiger partial charge in [-0.2, -0.15) is 0 Å². The Morgan fingerprint density at radius 3 is 2.53 bits per heavy atom. The minimum atomic E-state index is -0.592. The summed E-state index contributed by atoms with van der Waals surface area (Å²) in [5.41, 5.74) is 0. The van der Waals surface area contributed by atoms with E-state index in [1.165, 1.54) is 0 Å². The van der Waals surface area contributed by atoms with Crippen molar-refractivity contribution in [2.75, 3.05) is 53.7 Å². The predicted molar refractivity (Wildman–Crippen MR) is 129 cm³/mol. The lowest BCUT2D eigenvalue weighted by atomic mass is 10.2. The van der Waals surface area contributed by atoms with E-state index in [1.54, 1.807) is 20.3 Å². The van der Waals surface area contributed by atoms with Crippen LogP contribution < -0.4 is 39.1 Å². The lowest BCUT2D eigenvalue weighted by molar-refractivity contribution is 0.0870. The molecule has 0 bridgehead atoms. The minimum Gasteiger partial charge on any atom is -0.493 e. The summed E-state index contributed by atoms with van der Waals surface area (Å²) in [7, 11) is 3.20. The van der Waals surface area contributed by atoms with Crippen molar-refractivity contribution in [2.45, 2.75) is 32.1 Å². The fourth-order valence-corrected chi connectivity index (χ4v) is 3.36. The largest absolute Gasteiger partial charge is 0.493 e. The highest BCUT2D eigenvalue weighted by molar-refractivity contribution is 5.51. The highest BCUT2D eigenvalue weighted by Gasteiger charge is 2.21. The van der Waals surface area contributed by atoms with Crippen LogP contribution in [0.25, 0.3) is 0 Å². The first kappa shape index (κ1) is 25.7. The third-order valence-corrected chi connectivity index (χ3v) is 5.12. The maximum absolute atomic E-state index is 10.0. The van der Waals surface area contributed by atoms with Gasteiger partial charge in [-0.3, -0.25) is 0 Å². The molecule has 188 valence electrons. The van der Waals surface area contributed by atoms with Crippen molar-refractivity contribution in [3.05, 3.63) is 36.4 Å².